The van der Waals surface area contributed by atoms with Gasteiger partial charge in [-0.15, -0.1) is 11.1 Å². The molecule has 0 saturated heterocycles. The molecule has 0 saturated carbocycles. The number of rotatable bonds is 6. The maximum absolute atomic E-state index is 3.30. The minimum atomic E-state index is 0. The van der Waals surface area contributed by atoms with Crippen LogP contribution in [-0.2, 0) is 32.0 Å². The van der Waals surface area contributed by atoms with Gasteiger partial charge in [-0.05, 0) is 12.8 Å². The zero-order valence-electron chi connectivity index (χ0n) is 22.5. The molecule has 6 rings (SSSR count). The number of benzene rings is 4. The van der Waals surface area contributed by atoms with Crippen LogP contribution < -0.4 is 24.8 Å². The Balaban J connectivity index is 0.000000198. The average molecular weight is 592 g/mol. The molecule has 0 bridgehead atoms. The molecule has 4 aromatic rings. The Labute approximate surface area is 254 Å². The third kappa shape index (κ3) is 8.70. The van der Waals surface area contributed by atoms with Gasteiger partial charge in [0.05, 0.1) is 0 Å². The average Bonchev–Trinajstić information content (AvgIpc) is 3.50. The maximum Gasteiger partial charge on any atom is -0.0253 e. The van der Waals surface area contributed by atoms with Crippen molar-refractivity contribution in [1.29, 1.82) is 0 Å². The van der Waals surface area contributed by atoms with Crippen LogP contribution in [0.4, 0.5) is 0 Å². The minimum Gasteiger partial charge on any atom is -1.00 e. The fourth-order valence-corrected chi connectivity index (χ4v) is 8.37. The van der Waals surface area contributed by atoms with Gasteiger partial charge in [-0.1, -0.05) is 70.8 Å². The van der Waals surface area contributed by atoms with Crippen LogP contribution in [-0.4, -0.2) is 6.19 Å². The van der Waals surface area contributed by atoms with Crippen LogP contribution in [0.3, 0.4) is 0 Å². The second-order valence-electron chi connectivity index (χ2n) is 9.60. The molecule has 0 unspecified atom stereocenters. The zero-order chi connectivity index (χ0) is 25.2. The number of hydrogen-bond donors (Lipinski definition) is 0. The Hall–Kier alpha value is -1.61. The first kappa shape index (κ1) is 32.6. The molecule has 2 aliphatic carbocycles. The molecule has 0 aliphatic heterocycles. The van der Waals surface area contributed by atoms with Crippen molar-refractivity contribution in [2.75, 3.05) is 0 Å². The van der Waals surface area contributed by atoms with Gasteiger partial charge in [0, 0.05) is 0 Å². The predicted molar refractivity (Wildman–Crippen MR) is 152 cm³/mol. The summed E-state index contributed by atoms with van der Waals surface area (Å²) in [4.78, 5) is 0. The fraction of sp³-hybridized carbons (Fsp3) is 0.294. The first-order chi connectivity index (χ1) is 17.7. The van der Waals surface area contributed by atoms with Gasteiger partial charge in [-0.3, -0.25) is 0 Å². The van der Waals surface area contributed by atoms with Crippen molar-refractivity contribution >= 4 is 6.19 Å². The summed E-state index contributed by atoms with van der Waals surface area (Å²) in [5.74, 6) is 0. The van der Waals surface area contributed by atoms with Gasteiger partial charge >= 0.3 is 77.0 Å². The standard InChI is InChI=1S/2C13H9.C8H18Si.2ClH.Ti/c2*1-3-7-12-10(5-1)9-11-6-2-4-8-13(11)12;1-3-5-7-9-8-6-4-2;;;/h2*1-5,7-8H,9H2;3-8H2,1-2H3;2*1H;/q2*-1;;;;+2/p-2. The molecule has 38 heavy (non-hydrogen) atoms. The number of unbranched alkanes of at least 4 members (excludes halogenated alkanes) is 2. The fourth-order valence-electron chi connectivity index (χ4n) is 4.90. The van der Waals surface area contributed by atoms with E-state index in [0.717, 1.165) is 12.8 Å². The van der Waals surface area contributed by atoms with Gasteiger partial charge in [0.25, 0.3) is 0 Å². The van der Waals surface area contributed by atoms with Crippen molar-refractivity contribution in [3.05, 3.63) is 119 Å². The summed E-state index contributed by atoms with van der Waals surface area (Å²) >= 11 is 2.48. The summed E-state index contributed by atoms with van der Waals surface area (Å²) in [6, 6.07) is 39.3. The number of fused-ring (bicyclic) bond motifs is 6. The smallest absolute Gasteiger partial charge is 0.0253 e. The Kier molecular flexibility index (Phi) is 14.7. The van der Waals surface area contributed by atoms with Crippen molar-refractivity contribution in [2.45, 2.75) is 64.5 Å². The van der Waals surface area contributed by atoms with Crippen molar-refractivity contribution < 1.29 is 44.0 Å². The van der Waals surface area contributed by atoms with E-state index in [9.17, 15) is 0 Å². The summed E-state index contributed by atoms with van der Waals surface area (Å²) in [7, 11) is 0. The van der Waals surface area contributed by atoms with E-state index in [1.165, 1.54) is 70.2 Å². The van der Waals surface area contributed by atoms with Crippen LogP contribution in [0.25, 0.3) is 22.3 Å². The third-order valence-corrected chi connectivity index (χ3v) is 11.2. The molecular formula is C34H36Cl2SiTi-2. The molecule has 196 valence electrons. The Morgan fingerprint density at radius 1 is 0.605 bits per heavy atom. The van der Waals surface area contributed by atoms with E-state index in [0.29, 0.717) is 0 Å². The normalized spacial score (nSPS) is 11.1. The summed E-state index contributed by atoms with van der Waals surface area (Å²) in [6.45, 7) is 4.57. The molecule has 0 heterocycles. The second kappa shape index (κ2) is 17.2. The van der Waals surface area contributed by atoms with E-state index >= 15 is 0 Å². The quantitative estimate of drug-likeness (QED) is 0.206. The van der Waals surface area contributed by atoms with Crippen LogP contribution in [0.15, 0.2) is 84.9 Å². The van der Waals surface area contributed by atoms with E-state index in [2.05, 4.69) is 118 Å². The van der Waals surface area contributed by atoms with Crippen molar-refractivity contribution in [3.63, 3.8) is 0 Å². The predicted octanol–water partition coefficient (Wildman–Crippen LogP) is 3.25. The Bertz CT molecular complexity index is 1110. The van der Waals surface area contributed by atoms with E-state index < -0.39 is 0 Å². The molecular weight excluding hydrogens is 555 g/mol. The molecule has 2 aliphatic rings. The SMILES string of the molecule is CCCC[Si](=[Ti+2])CCCC.[Cl-].[Cl-].[c-]1cccc2c1Cc1ccccc1-2.[c-]1cccc2c1Cc1ccccc1-2. The van der Waals surface area contributed by atoms with Gasteiger partial charge in [0.1, 0.15) is 0 Å². The molecule has 0 spiro atoms. The molecule has 0 N–H and O–H groups in total. The van der Waals surface area contributed by atoms with Crippen LogP contribution >= 0.6 is 0 Å². The summed E-state index contributed by atoms with van der Waals surface area (Å²) in [5, 5.41) is 0. The minimum absolute atomic E-state index is 0. The van der Waals surface area contributed by atoms with Gasteiger partial charge in [-0.25, -0.2) is 0 Å². The van der Waals surface area contributed by atoms with Crippen LogP contribution in [0.5, 0.6) is 0 Å². The largest absolute Gasteiger partial charge is 1.00 e. The molecule has 0 aromatic heterocycles. The first-order valence-electron chi connectivity index (χ1n) is 13.4. The van der Waals surface area contributed by atoms with E-state index in [1.54, 1.807) is 12.1 Å². The van der Waals surface area contributed by atoms with Gasteiger partial charge in [0.2, 0.25) is 0 Å². The van der Waals surface area contributed by atoms with Gasteiger partial charge < -0.3 is 24.8 Å². The monoisotopic (exact) mass is 590 g/mol. The van der Waals surface area contributed by atoms with E-state index in [-0.39, 0.29) is 31.0 Å². The molecule has 4 heteroatoms. The Morgan fingerprint density at radius 3 is 1.42 bits per heavy atom. The molecule has 0 amide bonds. The molecule has 0 nitrogen and oxygen atoms in total. The van der Waals surface area contributed by atoms with Crippen molar-refractivity contribution in [1.82, 2.24) is 0 Å². The summed E-state index contributed by atoms with van der Waals surface area (Å²) in [6.07, 6.45) is 7.88. The van der Waals surface area contributed by atoms with E-state index in [1.807, 2.05) is 12.1 Å². The first-order valence-corrected chi connectivity index (χ1v) is 17.7. The topological polar surface area (TPSA) is 0 Å². The number of hydrogen-bond acceptors (Lipinski definition) is 0. The second-order valence-corrected chi connectivity index (χ2v) is 15.1. The van der Waals surface area contributed by atoms with Crippen molar-refractivity contribution in [3.8, 4) is 22.3 Å². The zero-order valence-corrected chi connectivity index (χ0v) is 26.6. The molecule has 0 atom stereocenters. The number of halogens is 2. The van der Waals surface area contributed by atoms with Gasteiger partial charge in [-0.2, -0.15) is 59.7 Å². The van der Waals surface area contributed by atoms with Crippen LogP contribution in [0.1, 0.15) is 61.8 Å². The summed E-state index contributed by atoms with van der Waals surface area (Å²) in [5.41, 5.74) is 11.0. The molecule has 0 fully saturated rings. The van der Waals surface area contributed by atoms with Gasteiger partial charge in [0.15, 0.2) is 0 Å². The Morgan fingerprint density at radius 2 is 1.00 bits per heavy atom. The van der Waals surface area contributed by atoms with Crippen LogP contribution in [0, 0.1) is 12.1 Å². The third-order valence-electron chi connectivity index (χ3n) is 6.90. The summed E-state index contributed by atoms with van der Waals surface area (Å²) < 4.78 is 0. The maximum atomic E-state index is 3.30. The molecule has 4 aromatic carbocycles. The van der Waals surface area contributed by atoms with E-state index in [4.69, 9.17) is 0 Å². The molecule has 0 radical (unpaired) electrons. The van der Waals surface area contributed by atoms with Crippen LogP contribution in [0.2, 0.25) is 12.1 Å². The van der Waals surface area contributed by atoms with Crippen molar-refractivity contribution in [2.24, 2.45) is 0 Å².